The fraction of sp³-hybridized carbons (Fsp3) is 0.448. The molecule has 0 aliphatic carbocycles. The molecule has 0 saturated carbocycles. The summed E-state index contributed by atoms with van der Waals surface area (Å²) in [6, 6.07) is 16.1. The van der Waals surface area contributed by atoms with Crippen molar-refractivity contribution in [1.82, 2.24) is 20.4 Å². The molecule has 216 valence electrons. The van der Waals surface area contributed by atoms with E-state index in [0.717, 1.165) is 24.2 Å². The maximum Gasteiger partial charge on any atom is 0.251 e. The topological polar surface area (TPSA) is 129 Å². The van der Waals surface area contributed by atoms with E-state index < -0.39 is 22.2 Å². The Morgan fingerprint density at radius 3 is 2.60 bits per heavy atom. The quantitative estimate of drug-likeness (QED) is 0.250. The first-order chi connectivity index (χ1) is 19.3. The molecule has 0 unspecified atom stereocenters. The van der Waals surface area contributed by atoms with Crippen LogP contribution < -0.4 is 20.3 Å². The molecule has 3 aromatic rings. The molecule has 10 nitrogen and oxygen atoms in total. The zero-order valence-corrected chi connectivity index (χ0v) is 24.0. The van der Waals surface area contributed by atoms with Crippen LogP contribution in [-0.4, -0.2) is 66.7 Å². The van der Waals surface area contributed by atoms with Gasteiger partial charge in [-0.1, -0.05) is 30.3 Å². The number of nitrogens with zero attached hydrogens (tertiary/aromatic N) is 3. The number of rotatable bonds is 13. The van der Waals surface area contributed by atoms with Crippen LogP contribution in [0.1, 0.15) is 48.3 Å². The number of hydrogen-bond acceptors (Lipinski definition) is 7. The highest BCUT2D eigenvalue weighted by molar-refractivity contribution is 7.92. The number of amides is 1. The Bertz CT molecular complexity index is 1360. The van der Waals surface area contributed by atoms with Crippen LogP contribution in [0, 0.1) is 0 Å². The van der Waals surface area contributed by atoms with Crippen LogP contribution in [0.5, 0.6) is 0 Å². The van der Waals surface area contributed by atoms with Crippen molar-refractivity contribution in [3.63, 3.8) is 0 Å². The second-order valence-corrected chi connectivity index (χ2v) is 12.0. The first-order valence-corrected chi connectivity index (χ1v) is 15.5. The summed E-state index contributed by atoms with van der Waals surface area (Å²) in [6.07, 6.45) is 2.86. The summed E-state index contributed by atoms with van der Waals surface area (Å²) in [6.45, 7) is 6.50. The van der Waals surface area contributed by atoms with E-state index in [4.69, 9.17) is 0 Å². The Morgan fingerprint density at radius 1 is 1.10 bits per heavy atom. The van der Waals surface area contributed by atoms with Gasteiger partial charge in [-0.2, -0.15) is 5.10 Å². The predicted molar refractivity (Wildman–Crippen MR) is 158 cm³/mol. The van der Waals surface area contributed by atoms with Crippen molar-refractivity contribution in [2.45, 2.75) is 58.3 Å². The van der Waals surface area contributed by atoms with E-state index in [1.165, 1.54) is 4.31 Å². The van der Waals surface area contributed by atoms with Gasteiger partial charge in [-0.3, -0.25) is 13.8 Å². The molecule has 0 spiro atoms. The number of hydrogen-bond donors (Lipinski definition) is 4. The first-order valence-electron chi connectivity index (χ1n) is 13.9. The second kappa shape index (κ2) is 13.8. The molecule has 0 bridgehead atoms. The molecule has 1 fully saturated rings. The van der Waals surface area contributed by atoms with Crippen molar-refractivity contribution in [1.29, 1.82) is 0 Å². The van der Waals surface area contributed by atoms with E-state index >= 15 is 0 Å². The molecule has 1 aliphatic rings. The number of aryl methyl sites for hydroxylation is 1. The summed E-state index contributed by atoms with van der Waals surface area (Å²) in [5, 5.41) is 25.1. The number of aliphatic hydroxyl groups excluding tert-OH is 1. The van der Waals surface area contributed by atoms with Gasteiger partial charge in [0.1, 0.15) is 0 Å². The monoisotopic (exact) mass is 568 g/mol. The first kappa shape index (κ1) is 29.6. The third kappa shape index (κ3) is 7.83. The fourth-order valence-electron chi connectivity index (χ4n) is 4.84. The van der Waals surface area contributed by atoms with E-state index in [2.05, 4.69) is 21.0 Å². The van der Waals surface area contributed by atoms with Crippen LogP contribution in [0.4, 0.5) is 11.4 Å². The van der Waals surface area contributed by atoms with Crippen LogP contribution >= 0.6 is 0 Å². The molecule has 1 amide bonds. The van der Waals surface area contributed by atoms with Crippen molar-refractivity contribution in [3.8, 4) is 0 Å². The van der Waals surface area contributed by atoms with Crippen LogP contribution in [-0.2, 0) is 29.5 Å². The molecule has 40 heavy (non-hydrogen) atoms. The molecule has 4 rings (SSSR count). The Balaban J connectivity index is 1.52. The Labute approximate surface area is 236 Å². The van der Waals surface area contributed by atoms with Gasteiger partial charge >= 0.3 is 0 Å². The molecule has 1 aliphatic heterocycles. The van der Waals surface area contributed by atoms with Gasteiger partial charge in [-0.25, -0.2) is 8.42 Å². The van der Waals surface area contributed by atoms with Crippen molar-refractivity contribution in [3.05, 3.63) is 77.6 Å². The average Bonchev–Trinajstić information content (AvgIpc) is 3.41. The molecular weight excluding hydrogens is 528 g/mol. The van der Waals surface area contributed by atoms with E-state index in [-0.39, 0.29) is 18.2 Å². The normalized spacial score (nSPS) is 16.3. The molecule has 2 heterocycles. The molecule has 1 saturated heterocycles. The Kier molecular flexibility index (Phi) is 10.2. The van der Waals surface area contributed by atoms with Crippen LogP contribution in [0.3, 0.4) is 0 Å². The summed E-state index contributed by atoms with van der Waals surface area (Å²) in [5.74, 6) is -0.283. The minimum absolute atomic E-state index is 0.0942. The summed E-state index contributed by atoms with van der Waals surface area (Å²) in [7, 11) is -3.44. The van der Waals surface area contributed by atoms with Crippen molar-refractivity contribution in [2.75, 3.05) is 35.0 Å². The number of aliphatic hydroxyl groups is 1. The minimum atomic E-state index is -3.44. The largest absolute Gasteiger partial charge is 0.390 e. The number of sulfonamides is 1. The maximum absolute atomic E-state index is 13.6. The van der Waals surface area contributed by atoms with Crippen molar-refractivity contribution in [2.24, 2.45) is 0 Å². The molecule has 0 radical (unpaired) electrons. The fourth-order valence-corrected chi connectivity index (χ4v) is 6.46. The lowest BCUT2D eigenvalue weighted by atomic mass is 10.00. The van der Waals surface area contributed by atoms with Gasteiger partial charge < -0.3 is 21.1 Å². The van der Waals surface area contributed by atoms with Gasteiger partial charge in [0.2, 0.25) is 10.0 Å². The van der Waals surface area contributed by atoms with E-state index in [1.54, 1.807) is 18.2 Å². The van der Waals surface area contributed by atoms with Gasteiger partial charge in [0.15, 0.2) is 0 Å². The van der Waals surface area contributed by atoms with E-state index in [0.29, 0.717) is 49.4 Å². The third-order valence-electron chi connectivity index (χ3n) is 6.96. The van der Waals surface area contributed by atoms with Gasteiger partial charge in [0.25, 0.3) is 5.91 Å². The second-order valence-electron chi connectivity index (χ2n) is 10.0. The molecule has 4 N–H and O–H groups in total. The maximum atomic E-state index is 13.6. The lowest BCUT2D eigenvalue weighted by molar-refractivity contribution is 0.0829. The number of carbonyl (C=O) groups is 1. The Hall–Kier alpha value is -3.41. The van der Waals surface area contributed by atoms with Crippen LogP contribution in [0.2, 0.25) is 0 Å². The van der Waals surface area contributed by atoms with E-state index in [1.807, 2.05) is 61.1 Å². The molecular formula is C29H40N6O4S. The van der Waals surface area contributed by atoms with Crippen molar-refractivity contribution < 1.29 is 18.3 Å². The zero-order valence-electron chi connectivity index (χ0n) is 23.2. The number of anilines is 2. The standard InChI is InChI=1S/C29H40N6O4S/c1-3-31-25-17-23(18-26(19-25)35-13-8-9-15-40(35,38)39)29(37)32-27(16-22-10-6-5-7-11-22)28(36)21-30-20-24-12-14-34(4-2)33-24/h5-7,10-12,14,17-19,27-28,30-31,36H,3-4,8-9,13,15-16,20-21H2,1-2H3,(H,32,37)/t27-,28+/m0/s1. The van der Waals surface area contributed by atoms with Crippen molar-refractivity contribution >= 4 is 27.3 Å². The highest BCUT2D eigenvalue weighted by atomic mass is 32.2. The summed E-state index contributed by atoms with van der Waals surface area (Å²) in [4.78, 5) is 13.6. The third-order valence-corrected chi connectivity index (χ3v) is 8.83. The molecule has 11 heteroatoms. The van der Waals surface area contributed by atoms with Gasteiger partial charge in [0, 0.05) is 50.2 Å². The van der Waals surface area contributed by atoms with Crippen LogP contribution in [0.25, 0.3) is 0 Å². The Morgan fingerprint density at radius 2 is 1.90 bits per heavy atom. The molecule has 2 atom stereocenters. The van der Waals surface area contributed by atoms with Gasteiger partial charge in [-0.05, 0) is 62.9 Å². The summed E-state index contributed by atoms with van der Waals surface area (Å²) >= 11 is 0. The van der Waals surface area contributed by atoms with Gasteiger partial charge in [-0.15, -0.1) is 0 Å². The van der Waals surface area contributed by atoms with Gasteiger partial charge in [0.05, 0.1) is 29.3 Å². The summed E-state index contributed by atoms with van der Waals surface area (Å²) in [5.41, 5.74) is 3.32. The lowest BCUT2D eigenvalue weighted by Gasteiger charge is -2.29. The number of nitrogens with one attached hydrogen (secondary N) is 3. The highest BCUT2D eigenvalue weighted by Gasteiger charge is 2.28. The lowest BCUT2D eigenvalue weighted by Crippen LogP contribution is -2.48. The smallest absolute Gasteiger partial charge is 0.251 e. The molecule has 1 aromatic heterocycles. The minimum Gasteiger partial charge on any atom is -0.390 e. The van der Waals surface area contributed by atoms with Crippen LogP contribution in [0.15, 0.2) is 60.8 Å². The predicted octanol–water partition coefficient (Wildman–Crippen LogP) is 2.76. The zero-order chi connectivity index (χ0) is 28.5. The number of aromatic nitrogens is 2. The molecule has 2 aromatic carbocycles. The summed E-state index contributed by atoms with van der Waals surface area (Å²) < 4.78 is 28.8. The number of carbonyl (C=O) groups excluding carboxylic acids is 1. The van der Waals surface area contributed by atoms with E-state index in [9.17, 15) is 18.3 Å². The SMILES string of the molecule is CCNc1cc(C(=O)N[C@@H](Cc2ccccc2)[C@H](O)CNCc2ccn(CC)n2)cc(N2CCCCS2(=O)=O)c1. The average molecular weight is 569 g/mol. The highest BCUT2D eigenvalue weighted by Crippen LogP contribution is 2.28. The number of benzene rings is 2.